The molecule has 1 N–H and O–H groups in total. The molecule has 1 aliphatic carbocycles. The van der Waals surface area contributed by atoms with Gasteiger partial charge in [-0.15, -0.1) is 0 Å². The van der Waals surface area contributed by atoms with E-state index in [-0.39, 0.29) is 5.41 Å². The first-order valence-corrected chi connectivity index (χ1v) is 11.0. The van der Waals surface area contributed by atoms with Crippen molar-refractivity contribution in [2.24, 2.45) is 11.8 Å². The molecular formula is C21H24ClN2O3S-. The smallest absolute Gasteiger partial charge is 0.137 e. The number of benzene rings is 2. The summed E-state index contributed by atoms with van der Waals surface area (Å²) in [5.74, 6) is 2.03. The van der Waals surface area contributed by atoms with Crippen LogP contribution in [0.5, 0.6) is 5.75 Å². The van der Waals surface area contributed by atoms with Gasteiger partial charge in [0.2, 0.25) is 0 Å². The number of nitrogens with one attached hydrogen (secondary N) is 1. The third-order valence-electron chi connectivity index (χ3n) is 6.27. The van der Waals surface area contributed by atoms with Gasteiger partial charge in [-0.2, -0.15) is 0 Å². The molecular weight excluding hydrogens is 396 g/mol. The number of rotatable bonds is 8. The zero-order valence-corrected chi connectivity index (χ0v) is 17.3. The Morgan fingerprint density at radius 2 is 2.00 bits per heavy atom. The number of likely N-dealkylation sites (tertiary alicyclic amines) is 1. The van der Waals surface area contributed by atoms with Crippen molar-refractivity contribution >= 4 is 22.9 Å². The highest BCUT2D eigenvalue weighted by molar-refractivity contribution is 7.77. The minimum Gasteiger partial charge on any atom is -0.760 e. The van der Waals surface area contributed by atoms with Crippen LogP contribution in [-0.2, 0) is 23.2 Å². The summed E-state index contributed by atoms with van der Waals surface area (Å²) in [6.45, 7) is 6.33. The maximum atomic E-state index is 10.7. The average Bonchev–Trinajstić information content (AvgIpc) is 3.03. The minimum absolute atomic E-state index is 0.187. The third-order valence-corrected chi connectivity index (χ3v) is 6.96. The zero-order chi connectivity index (χ0) is 19.7. The van der Waals surface area contributed by atoms with E-state index in [1.807, 2.05) is 36.4 Å². The summed E-state index contributed by atoms with van der Waals surface area (Å²) in [4.78, 5) is 2.46. The standard InChI is InChI=1S/C21H25ClN2O3S/c1-21(16-6-4-5-15(11-16)12-23-28(25)26)17-13-24(14-18(17)21)9-10-27-20-8-3-2-7-19(20)22/h2-8,11,17-18,23H,9-10,12-14H2,1H3,(H,25,26)/p-1. The number of fused-ring (bicyclic) bond motifs is 1. The highest BCUT2D eigenvalue weighted by Crippen LogP contribution is 2.63. The molecule has 0 spiro atoms. The first kappa shape index (κ1) is 19.9. The Morgan fingerprint density at radius 1 is 1.25 bits per heavy atom. The molecule has 7 heteroatoms. The second-order valence-corrected chi connectivity index (χ2v) is 8.96. The Hall–Kier alpha value is -1.44. The maximum Gasteiger partial charge on any atom is 0.137 e. The second kappa shape index (κ2) is 8.13. The van der Waals surface area contributed by atoms with Crippen LogP contribution in [-0.4, -0.2) is 39.9 Å². The highest BCUT2D eigenvalue weighted by atomic mass is 35.5. The van der Waals surface area contributed by atoms with Gasteiger partial charge in [0.25, 0.3) is 0 Å². The number of nitrogens with zero attached hydrogens (tertiary/aromatic N) is 1. The Morgan fingerprint density at radius 3 is 2.71 bits per heavy atom. The normalized spacial score (nSPS) is 27.4. The lowest BCUT2D eigenvalue weighted by Gasteiger charge is -2.25. The summed E-state index contributed by atoms with van der Waals surface area (Å²) in [6.07, 6.45) is 0. The van der Waals surface area contributed by atoms with Gasteiger partial charge in [0.1, 0.15) is 12.4 Å². The van der Waals surface area contributed by atoms with Crippen LogP contribution in [0.1, 0.15) is 18.1 Å². The van der Waals surface area contributed by atoms with Crippen LogP contribution in [0.25, 0.3) is 0 Å². The van der Waals surface area contributed by atoms with E-state index < -0.39 is 11.3 Å². The number of para-hydroxylation sites is 1. The molecule has 0 radical (unpaired) electrons. The van der Waals surface area contributed by atoms with Gasteiger partial charge in [0, 0.05) is 42.9 Å². The van der Waals surface area contributed by atoms with E-state index in [1.54, 1.807) is 0 Å². The summed E-state index contributed by atoms with van der Waals surface area (Å²) in [5, 5.41) is 0.648. The van der Waals surface area contributed by atoms with E-state index in [2.05, 4.69) is 28.7 Å². The third kappa shape index (κ3) is 3.98. The largest absolute Gasteiger partial charge is 0.760 e. The predicted molar refractivity (Wildman–Crippen MR) is 110 cm³/mol. The van der Waals surface area contributed by atoms with Crippen molar-refractivity contribution in [3.05, 3.63) is 64.7 Å². The zero-order valence-electron chi connectivity index (χ0n) is 15.8. The molecule has 0 aromatic heterocycles. The van der Waals surface area contributed by atoms with Crippen LogP contribution >= 0.6 is 11.6 Å². The molecule has 0 bridgehead atoms. The SMILES string of the molecule is CC1(c2cccc(CNS(=O)[O-])c2)C2CN(CCOc3ccccc3Cl)CC21. The Bertz CT molecular complexity index is 866. The van der Waals surface area contributed by atoms with Crippen molar-refractivity contribution in [3.63, 3.8) is 0 Å². The predicted octanol–water partition coefficient (Wildman–Crippen LogP) is 3.12. The molecule has 4 rings (SSSR count). The fourth-order valence-corrected chi connectivity index (χ4v) is 5.05. The van der Waals surface area contributed by atoms with Crippen molar-refractivity contribution in [2.75, 3.05) is 26.2 Å². The molecule has 2 aromatic rings. The number of hydrogen-bond donors (Lipinski definition) is 1. The van der Waals surface area contributed by atoms with Gasteiger partial charge < -0.3 is 9.29 Å². The van der Waals surface area contributed by atoms with Crippen LogP contribution in [0.2, 0.25) is 5.02 Å². The maximum absolute atomic E-state index is 10.7. The number of piperidine rings is 1. The lowest BCUT2D eigenvalue weighted by Crippen LogP contribution is -2.32. The number of halogens is 1. The van der Waals surface area contributed by atoms with E-state index in [0.717, 1.165) is 30.9 Å². The van der Waals surface area contributed by atoms with E-state index in [4.69, 9.17) is 16.3 Å². The quantitative estimate of drug-likeness (QED) is 0.667. The summed E-state index contributed by atoms with van der Waals surface area (Å²) in [7, 11) is 0. The monoisotopic (exact) mass is 419 g/mol. The van der Waals surface area contributed by atoms with Crippen molar-refractivity contribution < 1.29 is 13.5 Å². The van der Waals surface area contributed by atoms with Gasteiger partial charge in [-0.3, -0.25) is 9.11 Å². The number of hydrogen-bond acceptors (Lipinski definition) is 4. The fraction of sp³-hybridized carbons (Fsp3) is 0.429. The van der Waals surface area contributed by atoms with Crippen molar-refractivity contribution in [1.82, 2.24) is 9.62 Å². The van der Waals surface area contributed by atoms with E-state index in [1.165, 1.54) is 5.56 Å². The van der Waals surface area contributed by atoms with Crippen molar-refractivity contribution in [2.45, 2.75) is 18.9 Å². The van der Waals surface area contributed by atoms with Crippen molar-refractivity contribution in [3.8, 4) is 5.75 Å². The molecule has 2 fully saturated rings. The van der Waals surface area contributed by atoms with Crippen LogP contribution in [0, 0.1) is 11.8 Å². The van der Waals surface area contributed by atoms with Gasteiger partial charge in [0.15, 0.2) is 0 Å². The Balaban J connectivity index is 1.30. The van der Waals surface area contributed by atoms with E-state index >= 15 is 0 Å². The first-order valence-electron chi connectivity index (χ1n) is 9.50. The molecule has 1 heterocycles. The molecule has 150 valence electrons. The molecule has 0 amide bonds. The Labute approximate surface area is 173 Å². The first-order chi connectivity index (χ1) is 13.5. The molecule has 2 aromatic carbocycles. The molecule has 3 atom stereocenters. The lowest BCUT2D eigenvalue weighted by atomic mass is 9.91. The summed E-state index contributed by atoms with van der Waals surface area (Å²) in [6, 6.07) is 15.9. The summed E-state index contributed by atoms with van der Waals surface area (Å²) in [5.41, 5.74) is 2.50. The molecule has 5 nitrogen and oxygen atoms in total. The van der Waals surface area contributed by atoms with Crippen molar-refractivity contribution in [1.29, 1.82) is 0 Å². The van der Waals surface area contributed by atoms with E-state index in [9.17, 15) is 8.76 Å². The topological polar surface area (TPSA) is 64.6 Å². The van der Waals surface area contributed by atoms with Gasteiger partial charge in [-0.25, -0.2) is 4.72 Å². The molecule has 1 aliphatic heterocycles. The molecule has 1 saturated carbocycles. The van der Waals surface area contributed by atoms with Crippen LogP contribution in [0.15, 0.2) is 48.5 Å². The molecule has 2 aliphatic rings. The number of ether oxygens (including phenoxy) is 1. The fourth-order valence-electron chi connectivity index (χ4n) is 4.58. The Kier molecular flexibility index (Phi) is 5.76. The van der Waals surface area contributed by atoms with Gasteiger partial charge in [-0.1, -0.05) is 54.9 Å². The second-order valence-electron chi connectivity index (χ2n) is 7.79. The van der Waals surface area contributed by atoms with Crippen LogP contribution in [0.4, 0.5) is 0 Å². The summed E-state index contributed by atoms with van der Waals surface area (Å²) < 4.78 is 29.7. The minimum atomic E-state index is -2.23. The van der Waals surface area contributed by atoms with Crippen LogP contribution < -0.4 is 9.46 Å². The molecule has 1 saturated heterocycles. The highest BCUT2D eigenvalue weighted by Gasteiger charge is 2.65. The van der Waals surface area contributed by atoms with Gasteiger partial charge in [0.05, 0.1) is 5.02 Å². The molecule has 3 unspecified atom stereocenters. The van der Waals surface area contributed by atoms with Gasteiger partial charge in [-0.05, 0) is 35.1 Å². The van der Waals surface area contributed by atoms with Crippen LogP contribution in [0.3, 0.4) is 0 Å². The van der Waals surface area contributed by atoms with Gasteiger partial charge >= 0.3 is 0 Å². The van der Waals surface area contributed by atoms with E-state index in [0.29, 0.717) is 30.0 Å². The summed E-state index contributed by atoms with van der Waals surface area (Å²) >= 11 is 3.90. The average molecular weight is 420 g/mol. The molecule has 28 heavy (non-hydrogen) atoms. The lowest BCUT2D eigenvalue weighted by molar-refractivity contribution is 0.213.